The number of benzene rings is 2. The molecule has 170 valence electrons. The average Bonchev–Trinajstić information content (AvgIpc) is 3.21. The lowest BCUT2D eigenvalue weighted by Gasteiger charge is -2.23. The summed E-state index contributed by atoms with van der Waals surface area (Å²) >= 11 is 1.58. The smallest absolute Gasteiger partial charge is 0.253 e. The number of sulfonamides is 1. The van der Waals surface area contributed by atoms with E-state index in [9.17, 15) is 13.2 Å². The molecule has 0 radical (unpaired) electrons. The van der Waals surface area contributed by atoms with Crippen molar-refractivity contribution in [2.75, 3.05) is 20.6 Å². The van der Waals surface area contributed by atoms with E-state index in [1.54, 1.807) is 34.6 Å². The Labute approximate surface area is 195 Å². The Balaban J connectivity index is 1.78. The highest BCUT2D eigenvalue weighted by molar-refractivity contribution is 7.88. The minimum atomic E-state index is -3.45. The average molecular weight is 471 g/mol. The lowest BCUT2D eigenvalue weighted by molar-refractivity contribution is 0.0827. The number of thiophene rings is 1. The second kappa shape index (κ2) is 10.4. The Morgan fingerprint density at radius 3 is 2.19 bits per heavy atom. The molecule has 3 aromatic rings. The summed E-state index contributed by atoms with van der Waals surface area (Å²) in [4.78, 5) is 15.7. The van der Waals surface area contributed by atoms with Gasteiger partial charge in [-0.05, 0) is 41.3 Å². The molecular weight excluding hydrogens is 440 g/mol. The van der Waals surface area contributed by atoms with Crippen LogP contribution in [0, 0.1) is 5.92 Å². The zero-order valence-electron chi connectivity index (χ0n) is 19.0. The standard InChI is InChI=1S/C25H30N2O3S2/c1-19(2)16-27(32(29,30)18-20-8-6-5-7-9-20)17-23-14-15-24(31-23)21-10-12-22(13-11-21)25(28)26(3)4/h5-15,19H,16-18H2,1-4H3. The van der Waals surface area contributed by atoms with E-state index in [-0.39, 0.29) is 17.6 Å². The quantitative estimate of drug-likeness (QED) is 0.437. The van der Waals surface area contributed by atoms with Gasteiger partial charge in [-0.1, -0.05) is 56.3 Å². The van der Waals surface area contributed by atoms with E-state index >= 15 is 0 Å². The molecule has 0 aliphatic heterocycles. The molecule has 3 rings (SSSR count). The van der Waals surface area contributed by atoms with E-state index < -0.39 is 10.0 Å². The van der Waals surface area contributed by atoms with E-state index in [1.807, 2.05) is 80.6 Å². The van der Waals surface area contributed by atoms with Gasteiger partial charge in [-0.3, -0.25) is 4.79 Å². The summed E-state index contributed by atoms with van der Waals surface area (Å²) < 4.78 is 27.9. The Morgan fingerprint density at radius 2 is 1.59 bits per heavy atom. The molecule has 7 heteroatoms. The Kier molecular flexibility index (Phi) is 7.87. The summed E-state index contributed by atoms with van der Waals surface area (Å²) in [7, 11) is 0.0159. The third-order valence-corrected chi connectivity index (χ3v) is 7.85. The fourth-order valence-corrected chi connectivity index (χ4v) is 6.15. The molecule has 0 fully saturated rings. The van der Waals surface area contributed by atoms with Crippen LogP contribution in [0.25, 0.3) is 10.4 Å². The van der Waals surface area contributed by atoms with Gasteiger partial charge < -0.3 is 4.90 Å². The molecule has 5 nitrogen and oxygen atoms in total. The molecule has 1 aromatic heterocycles. The fourth-order valence-electron chi connectivity index (χ4n) is 3.39. The number of carbonyl (C=O) groups is 1. The summed E-state index contributed by atoms with van der Waals surface area (Å²) in [5, 5.41) is 0. The van der Waals surface area contributed by atoms with Gasteiger partial charge in [0.2, 0.25) is 10.0 Å². The van der Waals surface area contributed by atoms with E-state index in [4.69, 9.17) is 0 Å². The first-order valence-corrected chi connectivity index (χ1v) is 13.0. The zero-order valence-corrected chi connectivity index (χ0v) is 20.6. The molecule has 0 aliphatic rings. The van der Waals surface area contributed by atoms with Gasteiger partial charge in [0.1, 0.15) is 0 Å². The summed E-state index contributed by atoms with van der Waals surface area (Å²) in [5.41, 5.74) is 2.45. The van der Waals surface area contributed by atoms with E-state index in [0.717, 1.165) is 20.9 Å². The summed E-state index contributed by atoms with van der Waals surface area (Å²) in [6, 6.07) is 20.8. The molecule has 0 atom stereocenters. The summed E-state index contributed by atoms with van der Waals surface area (Å²) in [6.45, 7) is 4.89. The second-order valence-electron chi connectivity index (χ2n) is 8.47. The molecule has 0 N–H and O–H groups in total. The maximum Gasteiger partial charge on any atom is 0.253 e. The van der Waals surface area contributed by atoms with Gasteiger partial charge in [0, 0.05) is 42.5 Å². The molecular formula is C25H30N2O3S2. The van der Waals surface area contributed by atoms with Crippen molar-refractivity contribution in [3.63, 3.8) is 0 Å². The molecule has 32 heavy (non-hydrogen) atoms. The highest BCUT2D eigenvalue weighted by atomic mass is 32.2. The molecule has 0 unspecified atom stereocenters. The van der Waals surface area contributed by atoms with Crippen LogP contribution >= 0.6 is 11.3 Å². The topological polar surface area (TPSA) is 57.7 Å². The maximum atomic E-state index is 13.2. The van der Waals surface area contributed by atoms with Gasteiger partial charge in [0.15, 0.2) is 0 Å². The number of carbonyl (C=O) groups excluding carboxylic acids is 1. The lowest BCUT2D eigenvalue weighted by atomic mass is 10.1. The van der Waals surface area contributed by atoms with E-state index in [2.05, 4.69) is 0 Å². The zero-order chi connectivity index (χ0) is 23.3. The first-order chi connectivity index (χ1) is 15.2. The minimum Gasteiger partial charge on any atom is -0.345 e. The van der Waals surface area contributed by atoms with Crippen molar-refractivity contribution in [1.29, 1.82) is 0 Å². The molecule has 0 bridgehead atoms. The monoisotopic (exact) mass is 470 g/mol. The predicted octanol–water partition coefficient (Wildman–Crippen LogP) is 5.10. The Bertz CT molecular complexity index is 1140. The molecule has 0 saturated carbocycles. The van der Waals surface area contributed by atoms with Crippen LogP contribution in [0.4, 0.5) is 0 Å². The van der Waals surface area contributed by atoms with Crippen LogP contribution < -0.4 is 0 Å². The summed E-state index contributed by atoms with van der Waals surface area (Å²) in [6.07, 6.45) is 0. The molecule has 0 aliphatic carbocycles. The highest BCUT2D eigenvalue weighted by Crippen LogP contribution is 2.30. The summed E-state index contributed by atoms with van der Waals surface area (Å²) in [5.74, 6) is 0.193. The van der Waals surface area contributed by atoms with Crippen molar-refractivity contribution >= 4 is 27.3 Å². The Hall–Kier alpha value is -2.48. The second-order valence-corrected chi connectivity index (χ2v) is 11.6. The van der Waals surface area contributed by atoms with Gasteiger partial charge >= 0.3 is 0 Å². The molecule has 1 amide bonds. The first kappa shape index (κ1) is 24.2. The highest BCUT2D eigenvalue weighted by Gasteiger charge is 2.24. The van der Waals surface area contributed by atoms with Gasteiger partial charge in [0.25, 0.3) is 5.91 Å². The van der Waals surface area contributed by atoms with Crippen LogP contribution in [0.3, 0.4) is 0 Å². The molecule has 0 saturated heterocycles. The maximum absolute atomic E-state index is 13.2. The molecule has 0 spiro atoms. The van der Waals surface area contributed by atoms with Crippen molar-refractivity contribution in [3.8, 4) is 10.4 Å². The van der Waals surface area contributed by atoms with Gasteiger partial charge in [-0.25, -0.2) is 8.42 Å². The Morgan fingerprint density at radius 1 is 0.938 bits per heavy atom. The van der Waals surface area contributed by atoms with Crippen molar-refractivity contribution in [2.45, 2.75) is 26.1 Å². The van der Waals surface area contributed by atoms with Gasteiger partial charge in [-0.15, -0.1) is 11.3 Å². The van der Waals surface area contributed by atoms with Crippen molar-refractivity contribution < 1.29 is 13.2 Å². The van der Waals surface area contributed by atoms with Crippen molar-refractivity contribution in [3.05, 3.63) is 82.7 Å². The minimum absolute atomic E-state index is 0.000157. The van der Waals surface area contributed by atoms with Crippen LogP contribution in [0.5, 0.6) is 0 Å². The fraction of sp³-hybridized carbons (Fsp3) is 0.320. The number of nitrogens with zero attached hydrogens (tertiary/aromatic N) is 2. The van der Waals surface area contributed by atoms with E-state index in [0.29, 0.717) is 18.7 Å². The third-order valence-electron chi connectivity index (χ3n) is 4.97. The lowest BCUT2D eigenvalue weighted by Crippen LogP contribution is -2.34. The van der Waals surface area contributed by atoms with E-state index in [1.165, 1.54) is 0 Å². The third kappa shape index (κ3) is 6.28. The van der Waals surface area contributed by atoms with Gasteiger partial charge in [0.05, 0.1) is 5.75 Å². The normalized spacial score (nSPS) is 11.8. The molecule has 1 heterocycles. The van der Waals surface area contributed by atoms with Crippen LogP contribution in [-0.4, -0.2) is 44.2 Å². The SMILES string of the molecule is CC(C)CN(Cc1ccc(-c2ccc(C(=O)N(C)C)cc2)s1)S(=O)(=O)Cc1ccccc1. The van der Waals surface area contributed by atoms with Crippen LogP contribution in [0.2, 0.25) is 0 Å². The predicted molar refractivity (Wildman–Crippen MR) is 132 cm³/mol. The first-order valence-electron chi connectivity index (χ1n) is 10.6. The van der Waals surface area contributed by atoms with Crippen LogP contribution in [0.1, 0.15) is 34.6 Å². The largest absolute Gasteiger partial charge is 0.345 e. The van der Waals surface area contributed by atoms with Gasteiger partial charge in [-0.2, -0.15) is 4.31 Å². The van der Waals surface area contributed by atoms with Crippen molar-refractivity contribution in [2.24, 2.45) is 5.92 Å². The number of hydrogen-bond donors (Lipinski definition) is 0. The number of hydrogen-bond acceptors (Lipinski definition) is 4. The van der Waals surface area contributed by atoms with Crippen LogP contribution in [0.15, 0.2) is 66.7 Å². The van der Waals surface area contributed by atoms with Crippen molar-refractivity contribution in [1.82, 2.24) is 9.21 Å². The number of rotatable bonds is 9. The van der Waals surface area contributed by atoms with Crippen LogP contribution in [-0.2, 0) is 22.3 Å². The molecule has 2 aromatic carbocycles. The number of amides is 1.